The molecule has 2 heterocycles. The molecular weight excluding hydrogens is 685 g/mol. The van der Waals surface area contributed by atoms with Crippen LogP contribution < -0.4 is 5.32 Å². The first kappa shape index (κ1) is 40.4. The van der Waals surface area contributed by atoms with Gasteiger partial charge in [-0.3, -0.25) is 9.78 Å². The number of hydrogen-bond acceptors (Lipinski definition) is 9. The van der Waals surface area contributed by atoms with Crippen LogP contribution in [0.15, 0.2) is 83.0 Å². The average molecular weight is 737 g/mol. The number of nitrogens with one attached hydrogen (secondary N) is 1. The molecule has 1 saturated heterocycles. The number of ether oxygens (including phenoxy) is 1. The third kappa shape index (κ3) is 10.6. The first-order valence-corrected chi connectivity index (χ1v) is 19.1. The van der Waals surface area contributed by atoms with Crippen molar-refractivity contribution >= 4 is 28.2 Å². The molecule has 3 amide bonds. The number of benzene rings is 2. The Morgan fingerprint density at radius 2 is 1.77 bits per heavy atom. The molecule has 13 nitrogen and oxygen atoms in total. The summed E-state index contributed by atoms with van der Waals surface area (Å²) in [6.07, 6.45) is 2.44. The van der Waals surface area contributed by atoms with Gasteiger partial charge in [-0.15, -0.1) is 0 Å². The summed E-state index contributed by atoms with van der Waals surface area (Å²) >= 11 is 0. The summed E-state index contributed by atoms with van der Waals surface area (Å²) in [7, 11) is -2.45. The lowest BCUT2D eigenvalue weighted by Gasteiger charge is -2.35. The van der Waals surface area contributed by atoms with Gasteiger partial charge < -0.3 is 30.2 Å². The number of aliphatic hydroxyl groups excluding tert-OH is 1. The summed E-state index contributed by atoms with van der Waals surface area (Å²) in [6, 6.07) is 17.1. The van der Waals surface area contributed by atoms with E-state index >= 15 is 0 Å². The van der Waals surface area contributed by atoms with Gasteiger partial charge in [-0.25, -0.2) is 13.2 Å². The quantitative estimate of drug-likeness (QED) is 0.0940. The fourth-order valence-electron chi connectivity index (χ4n) is 6.38. The van der Waals surface area contributed by atoms with E-state index in [9.17, 15) is 23.1 Å². The number of aliphatic hydroxyl groups is 1. The van der Waals surface area contributed by atoms with Crippen molar-refractivity contribution in [2.24, 2.45) is 17.0 Å². The van der Waals surface area contributed by atoms with Gasteiger partial charge in [0.15, 0.2) is 0 Å². The Labute approximate surface area is 307 Å². The van der Waals surface area contributed by atoms with Crippen molar-refractivity contribution in [1.82, 2.24) is 24.4 Å². The average Bonchev–Trinajstić information content (AvgIpc) is 3.47. The zero-order valence-corrected chi connectivity index (χ0v) is 31.4. The van der Waals surface area contributed by atoms with Gasteiger partial charge in [0, 0.05) is 39.5 Å². The maximum absolute atomic E-state index is 14.3. The van der Waals surface area contributed by atoms with Crippen LogP contribution in [0.25, 0.3) is 0 Å². The molecule has 4 rings (SSSR count). The lowest BCUT2D eigenvalue weighted by molar-refractivity contribution is -0.128. The van der Waals surface area contributed by atoms with Gasteiger partial charge in [-0.05, 0) is 59.2 Å². The SMILES string of the molecule is CCC(C)C(C(=O)N[C@@H](Cc1ccccc1)[C@H](O)CN(CC(C)C)S(=O)(=O)c1ccc(/C=N/O)cc1)N1CCN(Cc2cc(COC)ccn2)C1=O. The summed E-state index contributed by atoms with van der Waals surface area (Å²) in [5, 5.41) is 26.7. The second kappa shape index (κ2) is 18.9. The van der Waals surface area contributed by atoms with Gasteiger partial charge in [0.05, 0.1) is 42.1 Å². The lowest BCUT2D eigenvalue weighted by Crippen LogP contribution is -2.57. The van der Waals surface area contributed by atoms with E-state index in [4.69, 9.17) is 9.94 Å². The molecule has 1 aromatic heterocycles. The van der Waals surface area contributed by atoms with Crippen LogP contribution in [0, 0.1) is 11.8 Å². The summed E-state index contributed by atoms with van der Waals surface area (Å²) in [5.41, 5.74) is 3.03. The van der Waals surface area contributed by atoms with Crippen LogP contribution in [0.2, 0.25) is 0 Å². The van der Waals surface area contributed by atoms with Crippen LogP contribution in [-0.4, -0.2) is 107 Å². The van der Waals surface area contributed by atoms with E-state index in [0.29, 0.717) is 31.7 Å². The highest BCUT2D eigenvalue weighted by molar-refractivity contribution is 7.89. The first-order valence-electron chi connectivity index (χ1n) is 17.7. The number of aromatic nitrogens is 1. The highest BCUT2D eigenvalue weighted by Crippen LogP contribution is 2.24. The molecular formula is C38H52N6O7S. The molecule has 0 radical (unpaired) electrons. The molecule has 0 bridgehead atoms. The lowest BCUT2D eigenvalue weighted by atomic mass is 9.95. The van der Waals surface area contributed by atoms with E-state index in [1.807, 2.05) is 70.2 Å². The number of rotatable bonds is 19. The van der Waals surface area contributed by atoms with E-state index in [2.05, 4.69) is 15.5 Å². The summed E-state index contributed by atoms with van der Waals surface area (Å²) in [4.78, 5) is 35.9. The molecule has 1 fully saturated rings. The highest BCUT2D eigenvalue weighted by atomic mass is 32.2. The minimum absolute atomic E-state index is 0.0219. The highest BCUT2D eigenvalue weighted by Gasteiger charge is 2.41. The number of amides is 3. The zero-order valence-electron chi connectivity index (χ0n) is 30.6. The fourth-order valence-corrected chi connectivity index (χ4v) is 8.00. The van der Waals surface area contributed by atoms with Gasteiger partial charge >= 0.3 is 6.03 Å². The third-order valence-corrected chi connectivity index (χ3v) is 11.1. The molecule has 2 aromatic carbocycles. The van der Waals surface area contributed by atoms with Crippen LogP contribution in [0.5, 0.6) is 0 Å². The molecule has 1 aliphatic heterocycles. The second-order valence-corrected chi connectivity index (χ2v) is 15.7. The van der Waals surface area contributed by atoms with Gasteiger partial charge in [-0.2, -0.15) is 4.31 Å². The molecule has 3 aromatic rings. The van der Waals surface area contributed by atoms with Crippen LogP contribution in [0.1, 0.15) is 56.5 Å². The van der Waals surface area contributed by atoms with E-state index < -0.39 is 34.1 Å². The number of urea groups is 1. The largest absolute Gasteiger partial charge is 0.411 e. The van der Waals surface area contributed by atoms with Crippen LogP contribution in [0.4, 0.5) is 4.79 Å². The molecule has 14 heteroatoms. The predicted octanol–water partition coefficient (Wildman–Crippen LogP) is 4.12. The van der Waals surface area contributed by atoms with Gasteiger partial charge in [0.2, 0.25) is 15.9 Å². The van der Waals surface area contributed by atoms with Crippen molar-refractivity contribution in [3.8, 4) is 0 Å². The van der Waals surface area contributed by atoms with Gasteiger partial charge in [0.25, 0.3) is 0 Å². The van der Waals surface area contributed by atoms with Crippen LogP contribution in [-0.2, 0) is 39.1 Å². The topological polar surface area (TPSA) is 165 Å². The van der Waals surface area contributed by atoms with Crippen molar-refractivity contribution in [3.05, 3.63) is 95.3 Å². The molecule has 3 N–H and O–H groups in total. The first-order chi connectivity index (χ1) is 24.9. The van der Waals surface area contributed by atoms with Crippen LogP contribution >= 0.6 is 0 Å². The van der Waals surface area contributed by atoms with Crippen molar-refractivity contribution in [1.29, 1.82) is 0 Å². The van der Waals surface area contributed by atoms with Crippen molar-refractivity contribution in [3.63, 3.8) is 0 Å². The third-order valence-electron chi connectivity index (χ3n) is 9.23. The fraction of sp³-hybridized carbons (Fsp3) is 0.474. The van der Waals surface area contributed by atoms with Gasteiger partial charge in [0.1, 0.15) is 6.04 Å². The van der Waals surface area contributed by atoms with E-state index in [-0.39, 0.29) is 48.8 Å². The number of hydrogen-bond donors (Lipinski definition) is 3. The maximum Gasteiger partial charge on any atom is 0.321 e. The molecule has 0 aliphatic carbocycles. The number of sulfonamides is 1. The number of carbonyl (C=O) groups excluding carboxylic acids is 2. The van der Waals surface area contributed by atoms with Gasteiger partial charge in [-0.1, -0.05) is 81.7 Å². The molecule has 52 heavy (non-hydrogen) atoms. The number of pyridine rings is 1. The molecule has 0 spiro atoms. The standard InChI is InChI=1S/C38H52N6O7S/c1-6-28(4)36(44-19-18-42(38(44)47)24-32-20-31(26-51-5)16-17-39-32)37(46)41-34(21-29-10-8-7-9-11-29)35(45)25-43(23-27(2)3)52(49,50)33-14-12-30(13-15-33)22-40-48/h7-17,20,22,27-28,34-36,45,48H,6,18-19,21,23-26H2,1-5H3,(H,41,46)/b40-22+/t28?,34-,35+,36?/m0/s1. The van der Waals surface area contributed by atoms with E-state index in [1.165, 1.54) is 34.8 Å². The van der Waals surface area contributed by atoms with Crippen molar-refractivity contribution in [2.75, 3.05) is 33.3 Å². The second-order valence-electron chi connectivity index (χ2n) is 13.7. The minimum Gasteiger partial charge on any atom is -0.411 e. The normalized spacial score (nSPS) is 16.1. The summed E-state index contributed by atoms with van der Waals surface area (Å²) in [5.74, 6) is -0.691. The molecule has 2 unspecified atom stereocenters. The predicted molar refractivity (Wildman–Crippen MR) is 198 cm³/mol. The minimum atomic E-state index is -4.07. The van der Waals surface area contributed by atoms with Crippen molar-refractivity contribution in [2.45, 2.75) is 76.8 Å². The molecule has 0 saturated carbocycles. The Morgan fingerprint density at radius 3 is 2.40 bits per heavy atom. The number of oxime groups is 1. The Morgan fingerprint density at radius 1 is 1.06 bits per heavy atom. The van der Waals surface area contributed by atoms with Crippen LogP contribution in [0.3, 0.4) is 0 Å². The number of carbonyl (C=O) groups is 2. The zero-order chi connectivity index (χ0) is 37.8. The molecule has 4 atom stereocenters. The Bertz CT molecular complexity index is 1740. The summed E-state index contributed by atoms with van der Waals surface area (Å²) < 4.78 is 34.3. The monoisotopic (exact) mass is 736 g/mol. The Hall–Kier alpha value is -4.37. The Balaban J connectivity index is 1.58. The Kier molecular flexibility index (Phi) is 14.7. The number of methoxy groups -OCH3 is 1. The van der Waals surface area contributed by atoms with Crippen molar-refractivity contribution < 1.29 is 33.1 Å². The molecule has 282 valence electrons. The smallest absolute Gasteiger partial charge is 0.321 e. The molecule has 1 aliphatic rings. The number of nitrogens with zero attached hydrogens (tertiary/aromatic N) is 5. The maximum atomic E-state index is 14.3. The van der Waals surface area contributed by atoms with E-state index in [0.717, 1.165) is 16.8 Å². The summed E-state index contributed by atoms with van der Waals surface area (Å²) in [6.45, 7) is 8.98. The van der Waals surface area contributed by atoms with E-state index in [1.54, 1.807) is 23.1 Å².